The molecule has 0 radical (unpaired) electrons. The zero-order valence-corrected chi connectivity index (χ0v) is 11.1. The highest BCUT2D eigenvalue weighted by Crippen LogP contribution is 2.19. The van der Waals surface area contributed by atoms with Crippen LogP contribution in [0.2, 0.25) is 0 Å². The lowest BCUT2D eigenvalue weighted by Crippen LogP contribution is -2.50. The molecule has 3 nitrogen and oxygen atoms in total. The van der Waals surface area contributed by atoms with Crippen LogP contribution >= 0.6 is 0 Å². The van der Waals surface area contributed by atoms with E-state index in [0.717, 1.165) is 5.56 Å². The molecule has 1 aromatic carbocycles. The summed E-state index contributed by atoms with van der Waals surface area (Å²) in [6.45, 7) is 6.73. The van der Waals surface area contributed by atoms with E-state index in [1.807, 2.05) is 37.4 Å². The Hall–Kier alpha value is -1.35. The lowest BCUT2D eigenvalue weighted by Gasteiger charge is -2.29. The van der Waals surface area contributed by atoms with Gasteiger partial charge in [-0.15, -0.1) is 0 Å². The Morgan fingerprint density at radius 2 is 1.82 bits per heavy atom. The standard InChI is InChI=1S/C14H22N2O/c1-14(2,3)12(15-4)13(17)16-10-11-8-6-5-7-9-11/h5-9,12,15H,10H2,1-4H3,(H,16,17)/t12-/m1/s1. The van der Waals surface area contributed by atoms with Gasteiger partial charge >= 0.3 is 0 Å². The molecule has 0 aliphatic heterocycles. The van der Waals surface area contributed by atoms with E-state index in [9.17, 15) is 4.79 Å². The van der Waals surface area contributed by atoms with Crippen molar-refractivity contribution in [3.63, 3.8) is 0 Å². The van der Waals surface area contributed by atoms with E-state index in [0.29, 0.717) is 6.54 Å². The Bertz CT molecular complexity index is 354. The SMILES string of the molecule is CN[C@H](C(=O)NCc1ccccc1)C(C)(C)C. The second kappa shape index (κ2) is 5.82. The van der Waals surface area contributed by atoms with Crippen molar-refractivity contribution in [2.45, 2.75) is 33.4 Å². The zero-order valence-electron chi connectivity index (χ0n) is 11.1. The zero-order chi connectivity index (χ0) is 12.9. The van der Waals surface area contributed by atoms with Gasteiger partial charge in [0.2, 0.25) is 5.91 Å². The molecular formula is C14H22N2O. The van der Waals surface area contributed by atoms with E-state index < -0.39 is 0 Å². The Morgan fingerprint density at radius 3 is 2.29 bits per heavy atom. The Labute approximate surface area is 104 Å². The van der Waals surface area contributed by atoms with Crippen molar-refractivity contribution in [2.75, 3.05) is 7.05 Å². The minimum Gasteiger partial charge on any atom is -0.351 e. The molecule has 0 aliphatic carbocycles. The summed E-state index contributed by atoms with van der Waals surface area (Å²) in [6, 6.07) is 9.75. The van der Waals surface area contributed by atoms with E-state index in [2.05, 4.69) is 31.4 Å². The van der Waals surface area contributed by atoms with Crippen LogP contribution in [0.3, 0.4) is 0 Å². The molecule has 1 atom stereocenters. The second-order valence-electron chi connectivity index (χ2n) is 5.29. The van der Waals surface area contributed by atoms with Crippen molar-refractivity contribution in [1.82, 2.24) is 10.6 Å². The lowest BCUT2D eigenvalue weighted by atomic mass is 9.86. The van der Waals surface area contributed by atoms with E-state index in [1.165, 1.54) is 0 Å². The van der Waals surface area contributed by atoms with Gasteiger partial charge in [-0.05, 0) is 18.0 Å². The van der Waals surface area contributed by atoms with Crippen molar-refractivity contribution in [1.29, 1.82) is 0 Å². The monoisotopic (exact) mass is 234 g/mol. The number of carbonyl (C=O) groups is 1. The average Bonchev–Trinajstić information content (AvgIpc) is 2.27. The maximum absolute atomic E-state index is 12.0. The van der Waals surface area contributed by atoms with Crippen LogP contribution in [-0.4, -0.2) is 19.0 Å². The molecule has 0 spiro atoms. The predicted octanol–water partition coefficient (Wildman–Crippen LogP) is 1.94. The van der Waals surface area contributed by atoms with Crippen LogP contribution in [0.5, 0.6) is 0 Å². The van der Waals surface area contributed by atoms with Crippen molar-refractivity contribution in [3.8, 4) is 0 Å². The topological polar surface area (TPSA) is 41.1 Å². The molecule has 94 valence electrons. The number of likely N-dealkylation sites (N-methyl/N-ethyl adjacent to an activating group) is 1. The molecule has 1 aromatic rings. The first-order chi connectivity index (χ1) is 7.95. The lowest BCUT2D eigenvalue weighted by molar-refractivity contribution is -0.125. The molecule has 17 heavy (non-hydrogen) atoms. The van der Waals surface area contributed by atoms with Gasteiger partial charge in [0.1, 0.15) is 0 Å². The molecule has 0 aliphatic rings. The first-order valence-electron chi connectivity index (χ1n) is 5.94. The van der Waals surface area contributed by atoms with Gasteiger partial charge in [-0.1, -0.05) is 51.1 Å². The fourth-order valence-corrected chi connectivity index (χ4v) is 1.84. The summed E-state index contributed by atoms with van der Waals surface area (Å²) in [6.07, 6.45) is 0. The molecule has 0 saturated carbocycles. The van der Waals surface area contributed by atoms with Gasteiger partial charge in [0, 0.05) is 6.54 Å². The summed E-state index contributed by atoms with van der Waals surface area (Å²) >= 11 is 0. The van der Waals surface area contributed by atoms with Crippen LogP contribution in [0.4, 0.5) is 0 Å². The normalized spacial score (nSPS) is 13.2. The molecule has 1 amide bonds. The van der Waals surface area contributed by atoms with Crippen LogP contribution < -0.4 is 10.6 Å². The fourth-order valence-electron chi connectivity index (χ4n) is 1.84. The number of hydrogen-bond acceptors (Lipinski definition) is 2. The third kappa shape index (κ3) is 4.19. The van der Waals surface area contributed by atoms with Gasteiger partial charge in [-0.25, -0.2) is 0 Å². The number of nitrogens with one attached hydrogen (secondary N) is 2. The molecule has 0 fully saturated rings. The van der Waals surface area contributed by atoms with Crippen LogP contribution in [0.15, 0.2) is 30.3 Å². The second-order valence-corrected chi connectivity index (χ2v) is 5.29. The van der Waals surface area contributed by atoms with Gasteiger partial charge < -0.3 is 10.6 Å². The van der Waals surface area contributed by atoms with Crippen LogP contribution in [-0.2, 0) is 11.3 Å². The summed E-state index contributed by atoms with van der Waals surface area (Å²) in [5.74, 6) is 0.0452. The van der Waals surface area contributed by atoms with Crippen LogP contribution in [0.25, 0.3) is 0 Å². The number of rotatable bonds is 4. The van der Waals surface area contributed by atoms with Gasteiger partial charge in [0.25, 0.3) is 0 Å². The summed E-state index contributed by atoms with van der Waals surface area (Å²) in [5, 5.41) is 6.02. The molecule has 0 saturated heterocycles. The van der Waals surface area contributed by atoms with E-state index in [-0.39, 0.29) is 17.4 Å². The highest BCUT2D eigenvalue weighted by Gasteiger charge is 2.29. The van der Waals surface area contributed by atoms with Crippen molar-refractivity contribution < 1.29 is 4.79 Å². The number of carbonyl (C=O) groups excluding carboxylic acids is 1. The third-order valence-corrected chi connectivity index (χ3v) is 2.73. The Balaban J connectivity index is 2.55. The van der Waals surface area contributed by atoms with E-state index in [1.54, 1.807) is 0 Å². The highest BCUT2D eigenvalue weighted by atomic mass is 16.2. The van der Waals surface area contributed by atoms with E-state index >= 15 is 0 Å². The number of amides is 1. The third-order valence-electron chi connectivity index (χ3n) is 2.73. The Kier molecular flexibility index (Phi) is 4.70. The predicted molar refractivity (Wildman–Crippen MR) is 70.6 cm³/mol. The quantitative estimate of drug-likeness (QED) is 0.836. The molecule has 0 heterocycles. The molecule has 0 bridgehead atoms. The molecule has 3 heteroatoms. The number of benzene rings is 1. The van der Waals surface area contributed by atoms with Crippen molar-refractivity contribution >= 4 is 5.91 Å². The summed E-state index contributed by atoms with van der Waals surface area (Å²) in [4.78, 5) is 12.0. The first kappa shape index (κ1) is 13.7. The van der Waals surface area contributed by atoms with E-state index in [4.69, 9.17) is 0 Å². The van der Waals surface area contributed by atoms with Crippen LogP contribution in [0.1, 0.15) is 26.3 Å². The van der Waals surface area contributed by atoms with Gasteiger partial charge in [-0.3, -0.25) is 4.79 Å². The van der Waals surface area contributed by atoms with Gasteiger partial charge in [0.15, 0.2) is 0 Å². The smallest absolute Gasteiger partial charge is 0.237 e. The summed E-state index contributed by atoms with van der Waals surface area (Å²) in [5.41, 5.74) is 1.03. The maximum atomic E-state index is 12.0. The fraction of sp³-hybridized carbons (Fsp3) is 0.500. The molecule has 1 rings (SSSR count). The summed E-state index contributed by atoms with van der Waals surface area (Å²) < 4.78 is 0. The molecule has 0 aromatic heterocycles. The number of hydrogen-bond donors (Lipinski definition) is 2. The minimum absolute atomic E-state index is 0.0452. The van der Waals surface area contributed by atoms with Gasteiger partial charge in [0.05, 0.1) is 6.04 Å². The molecule has 0 unspecified atom stereocenters. The Morgan fingerprint density at radius 1 is 1.24 bits per heavy atom. The molecule has 2 N–H and O–H groups in total. The van der Waals surface area contributed by atoms with Crippen molar-refractivity contribution in [3.05, 3.63) is 35.9 Å². The first-order valence-corrected chi connectivity index (χ1v) is 5.94. The van der Waals surface area contributed by atoms with Crippen molar-refractivity contribution in [2.24, 2.45) is 5.41 Å². The highest BCUT2D eigenvalue weighted by molar-refractivity contribution is 5.82. The maximum Gasteiger partial charge on any atom is 0.237 e. The summed E-state index contributed by atoms with van der Waals surface area (Å²) in [7, 11) is 1.82. The molecular weight excluding hydrogens is 212 g/mol. The largest absolute Gasteiger partial charge is 0.351 e. The average molecular weight is 234 g/mol. The van der Waals surface area contributed by atoms with Gasteiger partial charge in [-0.2, -0.15) is 0 Å². The minimum atomic E-state index is -0.175. The van der Waals surface area contributed by atoms with Crippen LogP contribution in [0, 0.1) is 5.41 Å².